The average molecular weight is 530 g/mol. The zero-order chi connectivity index (χ0) is 26.6. The molecule has 0 aliphatic rings. The van der Waals surface area contributed by atoms with E-state index in [0.717, 1.165) is 16.8 Å². The second-order valence-corrected chi connectivity index (χ2v) is 9.71. The van der Waals surface area contributed by atoms with Gasteiger partial charge in [-0.1, -0.05) is 103 Å². The summed E-state index contributed by atoms with van der Waals surface area (Å²) in [5, 5.41) is 5.55. The summed E-state index contributed by atoms with van der Waals surface area (Å²) in [4.78, 5) is 31.7. The molecular formula is C31H23N5O2S. The maximum Gasteiger partial charge on any atom is 0.280 e. The minimum Gasteiger partial charge on any atom is -0.289 e. The summed E-state index contributed by atoms with van der Waals surface area (Å²) >= 11 is 1.19. The predicted molar refractivity (Wildman–Crippen MR) is 156 cm³/mol. The third-order valence-corrected chi connectivity index (χ3v) is 7.09. The number of hydrogen-bond acceptors (Lipinski definition) is 6. The Kier molecular flexibility index (Phi) is 6.76. The van der Waals surface area contributed by atoms with Gasteiger partial charge in [-0.25, -0.2) is 4.98 Å². The van der Waals surface area contributed by atoms with Gasteiger partial charge in [-0.05, 0) is 30.3 Å². The highest BCUT2D eigenvalue weighted by Gasteiger charge is 2.19. The quantitative estimate of drug-likeness (QED) is 0.195. The molecule has 0 amide bonds. The van der Waals surface area contributed by atoms with E-state index in [1.165, 1.54) is 21.1 Å². The Hall–Kier alpha value is -4.95. The Morgan fingerprint density at radius 3 is 2.10 bits per heavy atom. The highest BCUT2D eigenvalue weighted by molar-refractivity contribution is 7.99. The second-order valence-electron chi connectivity index (χ2n) is 8.77. The SMILES string of the molecule is O=C(CSc1nc2ccccc2c(=O)n1Nc1ccccc1)n1nc(-c2ccccc2)cc1-c1ccccc1. The van der Waals surface area contributed by atoms with Crippen LogP contribution in [-0.2, 0) is 0 Å². The second kappa shape index (κ2) is 10.8. The lowest BCUT2D eigenvalue weighted by Crippen LogP contribution is -2.29. The van der Waals surface area contributed by atoms with Crippen molar-refractivity contribution in [1.29, 1.82) is 0 Å². The van der Waals surface area contributed by atoms with Gasteiger partial charge in [-0.3, -0.25) is 15.0 Å². The molecule has 0 bridgehead atoms. The van der Waals surface area contributed by atoms with Crippen molar-refractivity contribution in [1.82, 2.24) is 19.4 Å². The molecule has 190 valence electrons. The molecular weight excluding hydrogens is 506 g/mol. The number of benzene rings is 4. The van der Waals surface area contributed by atoms with Crippen LogP contribution >= 0.6 is 11.8 Å². The highest BCUT2D eigenvalue weighted by Crippen LogP contribution is 2.27. The fraction of sp³-hybridized carbons (Fsp3) is 0.0323. The zero-order valence-electron chi connectivity index (χ0n) is 20.8. The smallest absolute Gasteiger partial charge is 0.280 e. The molecule has 2 heterocycles. The monoisotopic (exact) mass is 529 g/mol. The first-order valence-corrected chi connectivity index (χ1v) is 13.4. The van der Waals surface area contributed by atoms with Gasteiger partial charge in [-0.15, -0.1) is 0 Å². The Balaban J connectivity index is 1.36. The lowest BCUT2D eigenvalue weighted by Gasteiger charge is -2.15. The molecule has 1 N–H and O–H groups in total. The van der Waals surface area contributed by atoms with Crippen molar-refractivity contribution in [2.45, 2.75) is 5.16 Å². The van der Waals surface area contributed by atoms with Gasteiger partial charge < -0.3 is 0 Å². The number of nitrogens with one attached hydrogen (secondary N) is 1. The van der Waals surface area contributed by atoms with Gasteiger partial charge in [0.2, 0.25) is 0 Å². The fourth-order valence-electron chi connectivity index (χ4n) is 4.27. The van der Waals surface area contributed by atoms with Crippen LogP contribution in [0.1, 0.15) is 4.79 Å². The summed E-state index contributed by atoms with van der Waals surface area (Å²) in [5.74, 6) is -0.202. The molecule has 0 fully saturated rings. The van der Waals surface area contributed by atoms with Crippen molar-refractivity contribution < 1.29 is 4.79 Å². The Labute approximate surface area is 228 Å². The van der Waals surface area contributed by atoms with Crippen molar-refractivity contribution in [2.75, 3.05) is 11.2 Å². The van der Waals surface area contributed by atoms with E-state index in [4.69, 9.17) is 4.98 Å². The number of aromatic nitrogens is 4. The van der Waals surface area contributed by atoms with Crippen molar-refractivity contribution in [3.63, 3.8) is 0 Å². The van der Waals surface area contributed by atoms with Crippen molar-refractivity contribution in [3.8, 4) is 22.5 Å². The number of thioether (sulfide) groups is 1. The lowest BCUT2D eigenvalue weighted by atomic mass is 10.1. The van der Waals surface area contributed by atoms with Crippen LogP contribution in [0.15, 0.2) is 131 Å². The molecule has 0 aliphatic heterocycles. The number of carbonyl (C=O) groups excluding carboxylic acids is 1. The van der Waals surface area contributed by atoms with Crippen molar-refractivity contribution in [3.05, 3.63) is 132 Å². The number of carbonyl (C=O) groups is 1. The van der Waals surface area contributed by atoms with Gasteiger partial charge in [0, 0.05) is 11.1 Å². The van der Waals surface area contributed by atoms with Crippen LogP contribution in [0.4, 0.5) is 5.69 Å². The van der Waals surface area contributed by atoms with E-state index in [9.17, 15) is 9.59 Å². The molecule has 0 saturated heterocycles. The van der Waals surface area contributed by atoms with Crippen LogP contribution in [-0.4, -0.2) is 31.1 Å². The van der Waals surface area contributed by atoms with Gasteiger partial charge in [0.25, 0.3) is 11.5 Å². The topological polar surface area (TPSA) is 81.8 Å². The van der Waals surface area contributed by atoms with Gasteiger partial charge in [0.15, 0.2) is 5.16 Å². The molecule has 0 aliphatic carbocycles. The number of fused-ring (bicyclic) bond motifs is 1. The maximum absolute atomic E-state index is 13.6. The van der Waals surface area contributed by atoms with Gasteiger partial charge >= 0.3 is 0 Å². The molecule has 0 spiro atoms. The Bertz CT molecular complexity index is 1820. The van der Waals surface area contributed by atoms with Gasteiger partial charge in [-0.2, -0.15) is 14.5 Å². The molecule has 4 aromatic carbocycles. The maximum atomic E-state index is 13.6. The molecule has 2 aromatic heterocycles. The molecule has 39 heavy (non-hydrogen) atoms. The van der Waals surface area contributed by atoms with E-state index in [2.05, 4.69) is 10.5 Å². The standard InChI is InChI=1S/C31H23N5O2S/c37-29(35-28(23-14-6-2-7-15-23)20-27(34-35)22-12-4-1-5-13-22)21-39-31-32-26-19-11-10-18-25(26)30(38)36(31)33-24-16-8-3-9-17-24/h1-20,33H,21H2. The molecule has 7 nitrogen and oxygen atoms in total. The van der Waals surface area contributed by atoms with Crippen LogP contribution in [0.5, 0.6) is 0 Å². The number of rotatable bonds is 7. The largest absolute Gasteiger partial charge is 0.289 e. The fourth-order valence-corrected chi connectivity index (χ4v) is 5.07. The normalized spacial score (nSPS) is 11.0. The summed E-state index contributed by atoms with van der Waals surface area (Å²) in [7, 11) is 0. The van der Waals surface area contributed by atoms with E-state index in [1.54, 1.807) is 12.1 Å². The van der Waals surface area contributed by atoms with E-state index < -0.39 is 0 Å². The molecule has 0 saturated carbocycles. The summed E-state index contributed by atoms with van der Waals surface area (Å²) in [5.41, 5.74) is 7.42. The third-order valence-electron chi connectivity index (χ3n) is 6.17. The minimum atomic E-state index is -0.241. The van der Waals surface area contributed by atoms with E-state index in [-0.39, 0.29) is 17.2 Å². The number of hydrogen-bond donors (Lipinski definition) is 1. The van der Waals surface area contributed by atoms with Gasteiger partial charge in [0.05, 0.1) is 33.7 Å². The van der Waals surface area contributed by atoms with E-state index >= 15 is 0 Å². The number of anilines is 1. The first-order chi connectivity index (χ1) is 19.2. The lowest BCUT2D eigenvalue weighted by molar-refractivity contribution is 0.0929. The molecule has 6 rings (SSSR count). The molecule has 0 radical (unpaired) electrons. The Morgan fingerprint density at radius 1 is 0.769 bits per heavy atom. The van der Waals surface area contributed by atoms with Crippen LogP contribution < -0.4 is 11.0 Å². The summed E-state index contributed by atoms with van der Waals surface area (Å²) in [6.07, 6.45) is 0. The highest BCUT2D eigenvalue weighted by atomic mass is 32.2. The molecule has 0 atom stereocenters. The average Bonchev–Trinajstić information content (AvgIpc) is 3.45. The summed E-state index contributed by atoms with van der Waals surface area (Å²) in [6.45, 7) is 0. The summed E-state index contributed by atoms with van der Waals surface area (Å²) in [6, 6.07) is 38.0. The molecule has 6 aromatic rings. The summed E-state index contributed by atoms with van der Waals surface area (Å²) < 4.78 is 2.84. The first-order valence-electron chi connectivity index (χ1n) is 12.4. The van der Waals surface area contributed by atoms with Crippen LogP contribution in [0.2, 0.25) is 0 Å². The molecule has 8 heteroatoms. The predicted octanol–water partition coefficient (Wildman–Crippen LogP) is 6.23. The number of nitrogens with zero attached hydrogens (tertiary/aromatic N) is 4. The third kappa shape index (κ3) is 5.10. The first kappa shape index (κ1) is 24.4. The zero-order valence-corrected chi connectivity index (χ0v) is 21.6. The van der Waals surface area contributed by atoms with Crippen molar-refractivity contribution >= 4 is 34.3 Å². The van der Waals surface area contributed by atoms with E-state index in [0.29, 0.717) is 27.4 Å². The van der Waals surface area contributed by atoms with Crippen LogP contribution in [0.3, 0.4) is 0 Å². The van der Waals surface area contributed by atoms with Crippen LogP contribution in [0, 0.1) is 0 Å². The van der Waals surface area contributed by atoms with Crippen molar-refractivity contribution in [2.24, 2.45) is 0 Å². The Morgan fingerprint density at radius 2 is 1.38 bits per heavy atom. The van der Waals surface area contributed by atoms with Crippen LogP contribution in [0.25, 0.3) is 33.4 Å². The molecule has 0 unspecified atom stereocenters. The van der Waals surface area contributed by atoms with E-state index in [1.807, 2.05) is 109 Å². The minimum absolute atomic E-state index is 0.0248. The van der Waals surface area contributed by atoms with Gasteiger partial charge in [0.1, 0.15) is 0 Å². The number of para-hydroxylation sites is 2.